The van der Waals surface area contributed by atoms with E-state index in [4.69, 9.17) is 10.8 Å². The van der Waals surface area contributed by atoms with Crippen molar-refractivity contribution in [1.82, 2.24) is 0 Å². The molecule has 1 aromatic rings. The summed E-state index contributed by atoms with van der Waals surface area (Å²) in [5.74, 6) is -0.650. The molecule has 0 aliphatic rings. The van der Waals surface area contributed by atoms with Crippen LogP contribution in [0.2, 0.25) is 0 Å². The Morgan fingerprint density at radius 2 is 1.94 bits per heavy atom. The van der Waals surface area contributed by atoms with Gasteiger partial charge in [-0.1, -0.05) is 32.0 Å². The number of hydrogen-bond donors (Lipinski definition) is 3. The van der Waals surface area contributed by atoms with Gasteiger partial charge in [0.25, 0.3) is 0 Å². The average Bonchev–Trinajstić information content (AvgIpc) is 2.28. The fraction of sp³-hybridized carbons (Fsp3) is 0.500. The van der Waals surface area contributed by atoms with Crippen LogP contribution in [0.1, 0.15) is 38.7 Å². The van der Waals surface area contributed by atoms with Gasteiger partial charge in [-0.2, -0.15) is 0 Å². The van der Waals surface area contributed by atoms with Crippen molar-refractivity contribution < 1.29 is 15.0 Å². The van der Waals surface area contributed by atoms with Crippen LogP contribution in [0.15, 0.2) is 24.3 Å². The molecule has 1 aromatic carbocycles. The molecular weight excluding hydrogens is 230 g/mol. The van der Waals surface area contributed by atoms with Crippen LogP contribution in [0.3, 0.4) is 0 Å². The number of phenols is 1. The van der Waals surface area contributed by atoms with Gasteiger partial charge in [-0.25, -0.2) is 0 Å². The number of carboxylic acids is 1. The Hall–Kier alpha value is -1.55. The maximum atomic E-state index is 11.0. The number of rotatable bonds is 5. The van der Waals surface area contributed by atoms with E-state index in [0.29, 0.717) is 6.42 Å². The molecule has 100 valence electrons. The second kappa shape index (κ2) is 5.40. The van der Waals surface area contributed by atoms with Crippen molar-refractivity contribution in [1.29, 1.82) is 0 Å². The summed E-state index contributed by atoms with van der Waals surface area (Å²) in [5.41, 5.74) is 5.34. The molecule has 0 spiro atoms. The predicted molar refractivity (Wildman–Crippen MR) is 70.5 cm³/mol. The number of nitrogens with two attached hydrogens (primary N) is 1. The lowest BCUT2D eigenvalue weighted by Crippen LogP contribution is -2.46. The first-order chi connectivity index (χ1) is 8.25. The van der Waals surface area contributed by atoms with E-state index in [1.54, 1.807) is 12.1 Å². The molecule has 4 N–H and O–H groups in total. The Labute approximate surface area is 107 Å². The monoisotopic (exact) mass is 251 g/mol. The smallest absolute Gasteiger partial charge is 0.323 e. The lowest BCUT2D eigenvalue weighted by atomic mass is 9.80. The first-order valence-electron chi connectivity index (χ1n) is 6.06. The molecule has 0 aliphatic heterocycles. The standard InChI is InChI=1S/C14H21NO3/c1-9(8-14(3,15)13(17)18)10(2)11-6-4-5-7-12(11)16/h4-7,9-10,16H,8,15H2,1-3H3,(H,17,18). The summed E-state index contributed by atoms with van der Waals surface area (Å²) in [6, 6.07) is 7.11. The number of carboxylic acid groups (broad SMARTS) is 1. The molecule has 0 aromatic heterocycles. The molecule has 0 bridgehead atoms. The average molecular weight is 251 g/mol. The molecule has 0 amide bonds. The molecule has 0 aliphatic carbocycles. The molecule has 0 saturated carbocycles. The van der Waals surface area contributed by atoms with Crippen molar-refractivity contribution in [2.45, 2.75) is 38.6 Å². The van der Waals surface area contributed by atoms with Gasteiger partial charge in [0.2, 0.25) is 0 Å². The molecule has 3 atom stereocenters. The van der Waals surface area contributed by atoms with Crippen LogP contribution in [0.5, 0.6) is 5.75 Å². The molecule has 4 heteroatoms. The van der Waals surface area contributed by atoms with Gasteiger partial charge >= 0.3 is 5.97 Å². The van der Waals surface area contributed by atoms with Gasteiger partial charge < -0.3 is 15.9 Å². The van der Waals surface area contributed by atoms with Crippen molar-refractivity contribution in [2.75, 3.05) is 0 Å². The first kappa shape index (κ1) is 14.5. The molecule has 3 unspecified atom stereocenters. The summed E-state index contributed by atoms with van der Waals surface area (Å²) >= 11 is 0. The lowest BCUT2D eigenvalue weighted by molar-refractivity contribution is -0.143. The maximum absolute atomic E-state index is 11.0. The third-order valence-corrected chi connectivity index (χ3v) is 3.52. The highest BCUT2D eigenvalue weighted by Gasteiger charge is 2.32. The van der Waals surface area contributed by atoms with Crippen molar-refractivity contribution in [3.63, 3.8) is 0 Å². The third kappa shape index (κ3) is 3.23. The second-order valence-corrected chi connectivity index (χ2v) is 5.25. The van der Waals surface area contributed by atoms with Crippen LogP contribution >= 0.6 is 0 Å². The topological polar surface area (TPSA) is 83.6 Å². The number of hydrogen-bond acceptors (Lipinski definition) is 3. The van der Waals surface area contributed by atoms with Crippen molar-refractivity contribution in [3.8, 4) is 5.75 Å². The molecular formula is C14H21NO3. The highest BCUT2D eigenvalue weighted by atomic mass is 16.4. The van der Waals surface area contributed by atoms with E-state index in [2.05, 4.69) is 0 Å². The number of para-hydroxylation sites is 1. The van der Waals surface area contributed by atoms with E-state index >= 15 is 0 Å². The van der Waals surface area contributed by atoms with Crippen molar-refractivity contribution in [2.24, 2.45) is 11.7 Å². The van der Waals surface area contributed by atoms with Gasteiger partial charge in [0.15, 0.2) is 0 Å². The highest BCUT2D eigenvalue weighted by Crippen LogP contribution is 2.34. The summed E-state index contributed by atoms with van der Waals surface area (Å²) in [5, 5.41) is 18.8. The third-order valence-electron chi connectivity index (χ3n) is 3.52. The second-order valence-electron chi connectivity index (χ2n) is 5.25. The largest absolute Gasteiger partial charge is 0.508 e. The summed E-state index contributed by atoms with van der Waals surface area (Å²) in [7, 11) is 0. The van der Waals surface area contributed by atoms with Gasteiger partial charge in [0, 0.05) is 0 Å². The molecule has 18 heavy (non-hydrogen) atoms. The Bertz CT molecular complexity index is 429. The minimum atomic E-state index is -1.24. The van der Waals surface area contributed by atoms with Gasteiger partial charge in [-0.3, -0.25) is 4.79 Å². The fourth-order valence-corrected chi connectivity index (χ4v) is 2.11. The SMILES string of the molecule is CC(CC(C)(N)C(=O)O)C(C)c1ccccc1O. The van der Waals surface area contributed by atoms with E-state index in [9.17, 15) is 9.90 Å². The number of carbonyl (C=O) groups is 1. The number of phenolic OH excluding ortho intramolecular Hbond substituents is 1. The molecule has 1 rings (SSSR count). The van der Waals surface area contributed by atoms with Crippen LogP contribution in [0.25, 0.3) is 0 Å². The van der Waals surface area contributed by atoms with Crippen LogP contribution in [-0.4, -0.2) is 21.7 Å². The van der Waals surface area contributed by atoms with E-state index in [1.807, 2.05) is 26.0 Å². The van der Waals surface area contributed by atoms with Crippen LogP contribution in [-0.2, 0) is 4.79 Å². The predicted octanol–water partition coefficient (Wildman–Crippen LogP) is 2.32. The molecule has 0 fully saturated rings. The van der Waals surface area contributed by atoms with E-state index in [-0.39, 0.29) is 17.6 Å². The summed E-state index contributed by atoms with van der Waals surface area (Å²) in [4.78, 5) is 11.0. The summed E-state index contributed by atoms with van der Waals surface area (Å²) in [6.45, 7) is 5.44. The van der Waals surface area contributed by atoms with Crippen LogP contribution in [0, 0.1) is 5.92 Å². The molecule has 0 saturated heterocycles. The maximum Gasteiger partial charge on any atom is 0.323 e. The highest BCUT2D eigenvalue weighted by molar-refractivity contribution is 5.77. The zero-order valence-corrected chi connectivity index (χ0v) is 11.1. The van der Waals surface area contributed by atoms with Gasteiger partial charge in [-0.15, -0.1) is 0 Å². The minimum Gasteiger partial charge on any atom is -0.508 e. The van der Waals surface area contributed by atoms with E-state index in [0.717, 1.165) is 5.56 Å². The number of aliphatic carboxylic acids is 1. The number of benzene rings is 1. The normalized spacial score (nSPS) is 17.8. The quantitative estimate of drug-likeness (QED) is 0.750. The van der Waals surface area contributed by atoms with Crippen molar-refractivity contribution in [3.05, 3.63) is 29.8 Å². The number of aromatic hydroxyl groups is 1. The van der Waals surface area contributed by atoms with Gasteiger partial charge in [-0.05, 0) is 36.8 Å². The Balaban J connectivity index is 2.83. The zero-order valence-electron chi connectivity index (χ0n) is 11.1. The Morgan fingerprint density at radius 3 is 2.44 bits per heavy atom. The Morgan fingerprint density at radius 1 is 1.39 bits per heavy atom. The van der Waals surface area contributed by atoms with Crippen LogP contribution in [0.4, 0.5) is 0 Å². The lowest BCUT2D eigenvalue weighted by Gasteiger charge is -2.28. The molecule has 0 heterocycles. The molecule has 0 radical (unpaired) electrons. The minimum absolute atomic E-state index is 0.0495. The van der Waals surface area contributed by atoms with E-state index < -0.39 is 11.5 Å². The Kier molecular flexibility index (Phi) is 4.35. The summed E-state index contributed by atoms with van der Waals surface area (Å²) < 4.78 is 0. The van der Waals surface area contributed by atoms with Gasteiger partial charge in [0.05, 0.1) is 0 Å². The van der Waals surface area contributed by atoms with E-state index in [1.165, 1.54) is 6.92 Å². The zero-order chi connectivity index (χ0) is 13.9. The van der Waals surface area contributed by atoms with Crippen molar-refractivity contribution >= 4 is 5.97 Å². The molecule has 4 nitrogen and oxygen atoms in total. The fourth-order valence-electron chi connectivity index (χ4n) is 2.11. The van der Waals surface area contributed by atoms with Gasteiger partial charge in [0.1, 0.15) is 11.3 Å². The first-order valence-corrected chi connectivity index (χ1v) is 6.06. The summed E-state index contributed by atoms with van der Waals surface area (Å²) in [6.07, 6.45) is 0.359. The van der Waals surface area contributed by atoms with Crippen LogP contribution < -0.4 is 5.73 Å².